The summed E-state index contributed by atoms with van der Waals surface area (Å²) in [6.45, 7) is 4.28. The van der Waals surface area contributed by atoms with Gasteiger partial charge in [-0.3, -0.25) is 19.4 Å². The number of aliphatic carboxylic acids is 1. The smallest absolute Gasteiger partial charge is 0.309 e. The summed E-state index contributed by atoms with van der Waals surface area (Å²) < 4.78 is 1.88. The van der Waals surface area contributed by atoms with E-state index in [9.17, 15) is 19.5 Å². The molecule has 1 aromatic heterocycles. The molecule has 2 aromatic carbocycles. The van der Waals surface area contributed by atoms with E-state index < -0.39 is 11.9 Å². The fourth-order valence-electron chi connectivity index (χ4n) is 4.14. The number of aromatic nitrogens is 1. The minimum absolute atomic E-state index is 0.147. The molecule has 3 N–H and O–H groups in total. The third-order valence-corrected chi connectivity index (χ3v) is 5.47. The van der Waals surface area contributed by atoms with Gasteiger partial charge in [-0.15, -0.1) is 0 Å². The van der Waals surface area contributed by atoms with Crippen molar-refractivity contribution in [3.05, 3.63) is 69.9 Å². The largest absolute Gasteiger partial charge is 0.481 e. The van der Waals surface area contributed by atoms with Crippen LogP contribution in [0.3, 0.4) is 0 Å². The molecule has 4 rings (SSSR count). The fourth-order valence-corrected chi connectivity index (χ4v) is 4.14. The molecule has 0 atom stereocenters. The van der Waals surface area contributed by atoms with Gasteiger partial charge in [-0.2, -0.15) is 0 Å². The minimum atomic E-state index is -1.03. The number of nitrogens with two attached hydrogens (primary N) is 1. The van der Waals surface area contributed by atoms with Crippen LogP contribution in [-0.2, 0) is 11.3 Å². The number of hydrogen-bond donors (Lipinski definition) is 2. The van der Waals surface area contributed by atoms with Gasteiger partial charge in [0.15, 0.2) is 5.78 Å². The van der Waals surface area contributed by atoms with E-state index in [1.54, 1.807) is 12.1 Å². The zero-order valence-electron chi connectivity index (χ0n) is 16.7. The lowest BCUT2D eigenvalue weighted by Crippen LogP contribution is -2.24. The highest BCUT2D eigenvalue weighted by atomic mass is 16.4. The number of hydrogen-bond acceptors (Lipinski definition) is 4. The zero-order chi connectivity index (χ0) is 21.6. The average Bonchev–Trinajstić information content (AvgIpc) is 3.01. The number of aryl methyl sites for hydroxylation is 2. The lowest BCUT2D eigenvalue weighted by Gasteiger charge is -2.17. The Kier molecular flexibility index (Phi) is 4.73. The monoisotopic (exact) mass is 403 g/mol. The molecule has 1 aliphatic heterocycles. The molecule has 1 amide bonds. The Hall–Kier alpha value is -3.74. The number of carboxylic acid groups (broad SMARTS) is 1. The highest BCUT2D eigenvalue weighted by molar-refractivity contribution is 6.26. The summed E-state index contributed by atoms with van der Waals surface area (Å²) in [5.41, 5.74) is 10.8. The molecule has 7 nitrogen and oxygen atoms in total. The van der Waals surface area contributed by atoms with Crippen LogP contribution in [0.1, 0.15) is 49.5 Å². The Bertz CT molecular complexity index is 1270. The summed E-state index contributed by atoms with van der Waals surface area (Å²) in [5.74, 6) is -1.92. The van der Waals surface area contributed by atoms with Crippen molar-refractivity contribution in [1.29, 1.82) is 0 Å². The number of fused-ring (bicyclic) bond motifs is 3. The van der Waals surface area contributed by atoms with Crippen molar-refractivity contribution in [2.75, 3.05) is 6.54 Å². The molecule has 2 heterocycles. The zero-order valence-corrected chi connectivity index (χ0v) is 16.7. The molecule has 0 spiro atoms. The molecular weight excluding hydrogens is 382 g/mol. The Labute approximate surface area is 172 Å². The third-order valence-electron chi connectivity index (χ3n) is 5.47. The highest BCUT2D eigenvalue weighted by Gasteiger charge is 2.31. The van der Waals surface area contributed by atoms with Gasteiger partial charge in [-0.1, -0.05) is 29.8 Å². The molecule has 1 aliphatic rings. The van der Waals surface area contributed by atoms with Crippen LogP contribution < -0.4 is 5.73 Å². The number of aliphatic imine (C=N–C) groups is 1. The van der Waals surface area contributed by atoms with Crippen molar-refractivity contribution in [2.45, 2.75) is 26.8 Å². The first kappa shape index (κ1) is 19.6. The number of nitrogens with zero attached hydrogens (tertiary/aromatic N) is 2. The Morgan fingerprint density at radius 2 is 1.97 bits per heavy atom. The molecule has 0 saturated heterocycles. The Morgan fingerprint density at radius 3 is 2.63 bits per heavy atom. The first-order valence-corrected chi connectivity index (χ1v) is 9.57. The first-order valence-electron chi connectivity index (χ1n) is 9.57. The summed E-state index contributed by atoms with van der Waals surface area (Å²) in [7, 11) is 0. The number of primary amides is 1. The fraction of sp³-hybridized carbons (Fsp3) is 0.217. The number of Topliss-reactive ketones (excluding diaryl/α,β-unsaturated/α-hetero) is 1. The van der Waals surface area contributed by atoms with Gasteiger partial charge in [0, 0.05) is 17.5 Å². The van der Waals surface area contributed by atoms with Crippen molar-refractivity contribution in [1.82, 2.24) is 4.57 Å². The van der Waals surface area contributed by atoms with Gasteiger partial charge in [0.25, 0.3) is 0 Å². The van der Waals surface area contributed by atoms with Crippen molar-refractivity contribution >= 4 is 34.3 Å². The number of amides is 1. The minimum Gasteiger partial charge on any atom is -0.481 e. The predicted octanol–water partition coefficient (Wildman–Crippen LogP) is 2.87. The number of benzene rings is 2. The van der Waals surface area contributed by atoms with Crippen LogP contribution in [0.25, 0.3) is 10.9 Å². The summed E-state index contributed by atoms with van der Waals surface area (Å²) in [4.78, 5) is 40.7. The standard InChI is InChI=1S/C23H21N3O4/c1-12-6-7-14(13(2)8-12)11-26-17-5-3-4-15(23(24)30)20(17)21-18(27)10-25-16(22(21)26)9-19(28)29/h3-8H,9-11H2,1-2H3,(H2,24,30)(H,28,29). The van der Waals surface area contributed by atoms with E-state index in [4.69, 9.17) is 5.73 Å². The number of ketones is 1. The summed E-state index contributed by atoms with van der Waals surface area (Å²) in [6.07, 6.45) is -0.310. The Balaban J connectivity index is 2.05. The van der Waals surface area contributed by atoms with Gasteiger partial charge in [0.1, 0.15) is 6.54 Å². The highest BCUT2D eigenvalue weighted by Crippen LogP contribution is 2.34. The van der Waals surface area contributed by atoms with Gasteiger partial charge in [0.05, 0.1) is 28.9 Å². The number of carbonyl (C=O) groups excluding carboxylic acids is 2. The normalized spacial score (nSPS) is 13.3. The molecule has 0 bridgehead atoms. The second-order valence-electron chi connectivity index (χ2n) is 7.56. The van der Waals surface area contributed by atoms with Crippen molar-refractivity contribution in [2.24, 2.45) is 10.7 Å². The molecule has 0 fully saturated rings. The first-order chi connectivity index (χ1) is 14.3. The van der Waals surface area contributed by atoms with Crippen molar-refractivity contribution in [3.63, 3.8) is 0 Å². The summed E-state index contributed by atoms with van der Waals surface area (Å²) >= 11 is 0. The van der Waals surface area contributed by atoms with Gasteiger partial charge < -0.3 is 15.4 Å². The molecule has 30 heavy (non-hydrogen) atoms. The lowest BCUT2D eigenvalue weighted by atomic mass is 9.96. The molecule has 0 saturated carbocycles. The van der Waals surface area contributed by atoms with Crippen LogP contribution in [0.2, 0.25) is 0 Å². The number of carbonyl (C=O) groups is 3. The maximum absolute atomic E-state index is 12.9. The van der Waals surface area contributed by atoms with Crippen LogP contribution in [-0.4, -0.2) is 39.6 Å². The maximum Gasteiger partial charge on any atom is 0.309 e. The maximum atomic E-state index is 12.9. The quantitative estimate of drug-likeness (QED) is 0.681. The van der Waals surface area contributed by atoms with E-state index in [0.29, 0.717) is 34.4 Å². The van der Waals surface area contributed by atoms with Gasteiger partial charge >= 0.3 is 5.97 Å². The third kappa shape index (κ3) is 3.18. The molecule has 0 radical (unpaired) electrons. The summed E-state index contributed by atoms with van der Waals surface area (Å²) in [5, 5.41) is 9.85. The van der Waals surface area contributed by atoms with Crippen LogP contribution in [0, 0.1) is 13.8 Å². The van der Waals surface area contributed by atoms with Crippen molar-refractivity contribution in [3.8, 4) is 0 Å². The molecular formula is C23H21N3O4. The van der Waals surface area contributed by atoms with E-state index in [0.717, 1.165) is 16.7 Å². The van der Waals surface area contributed by atoms with Crippen LogP contribution in [0.15, 0.2) is 41.4 Å². The molecule has 0 aliphatic carbocycles. The van der Waals surface area contributed by atoms with Gasteiger partial charge in [0.2, 0.25) is 5.91 Å². The molecule has 0 unspecified atom stereocenters. The van der Waals surface area contributed by atoms with Crippen LogP contribution in [0.5, 0.6) is 0 Å². The number of carboxylic acids is 1. The predicted molar refractivity (Wildman–Crippen MR) is 113 cm³/mol. The van der Waals surface area contributed by atoms with E-state index in [1.165, 1.54) is 0 Å². The molecule has 3 aromatic rings. The molecule has 152 valence electrons. The van der Waals surface area contributed by atoms with E-state index in [-0.39, 0.29) is 24.3 Å². The van der Waals surface area contributed by atoms with E-state index in [1.807, 2.05) is 36.6 Å². The second kappa shape index (κ2) is 7.26. The molecule has 7 heteroatoms. The SMILES string of the molecule is Cc1ccc(Cn2c3c(c4c(C(N)=O)cccc42)C(=O)CN=C3CC(=O)O)c(C)c1. The average molecular weight is 403 g/mol. The van der Waals surface area contributed by atoms with Crippen LogP contribution in [0.4, 0.5) is 0 Å². The Morgan fingerprint density at radius 1 is 1.20 bits per heavy atom. The van der Waals surface area contributed by atoms with E-state index >= 15 is 0 Å². The lowest BCUT2D eigenvalue weighted by molar-refractivity contribution is -0.135. The van der Waals surface area contributed by atoms with Gasteiger partial charge in [-0.25, -0.2) is 0 Å². The van der Waals surface area contributed by atoms with Gasteiger partial charge in [-0.05, 0) is 37.1 Å². The van der Waals surface area contributed by atoms with Crippen LogP contribution >= 0.6 is 0 Å². The summed E-state index contributed by atoms with van der Waals surface area (Å²) in [6, 6.07) is 11.2. The number of rotatable bonds is 5. The van der Waals surface area contributed by atoms with Crippen molar-refractivity contribution < 1.29 is 19.5 Å². The van der Waals surface area contributed by atoms with E-state index in [2.05, 4.69) is 11.1 Å². The topological polar surface area (TPSA) is 115 Å². The second-order valence-corrected chi connectivity index (χ2v) is 7.56.